The molecule has 0 heterocycles. The second-order valence-electron chi connectivity index (χ2n) is 10.5. The van der Waals surface area contributed by atoms with Gasteiger partial charge in [-0.05, 0) is 69.2 Å². The van der Waals surface area contributed by atoms with Crippen molar-refractivity contribution in [1.82, 2.24) is 5.48 Å². The van der Waals surface area contributed by atoms with Crippen LogP contribution >= 0.6 is 0 Å². The molecule has 1 amide bonds. The number of nitro groups is 1. The Morgan fingerprint density at radius 2 is 1.63 bits per heavy atom. The average molecular weight is 602 g/mol. The maximum absolute atomic E-state index is 13.4. The van der Waals surface area contributed by atoms with Crippen molar-refractivity contribution >= 4 is 29.5 Å². The van der Waals surface area contributed by atoms with Crippen molar-refractivity contribution in [2.45, 2.75) is 64.2 Å². The summed E-state index contributed by atoms with van der Waals surface area (Å²) in [4.78, 5) is 67.9. The van der Waals surface area contributed by atoms with E-state index in [0.29, 0.717) is 5.56 Å². The average Bonchev–Trinajstić information content (AvgIpc) is 2.92. The number of nitrogens with one attached hydrogen (secondary N) is 1. The highest BCUT2D eigenvalue weighted by Crippen LogP contribution is 2.35. The highest BCUT2D eigenvalue weighted by molar-refractivity contribution is 6.02. The van der Waals surface area contributed by atoms with Crippen LogP contribution in [0.2, 0.25) is 0 Å². The standard InChI is InChI=1S/C27H31N5O11/c1-26(2,3)43-30-24(37)27(25(38)39,14-16-7-5-4-6-8-16)15-17-9-11-20(19(13-17)32(40)41)42-21(23(35)36)12-10-18(22(33)34)29-31-28/h4-9,11,13,18,21H,10,12,14-15H2,1-3H3,(H,30,37)(H,33,34)(H,35,36)(H,38,39)/t18-,21-,27-/m0/s1. The van der Waals surface area contributed by atoms with Crippen LogP contribution in [0, 0.1) is 15.5 Å². The Hall–Kier alpha value is -5.21. The van der Waals surface area contributed by atoms with Crippen LogP contribution in [0.5, 0.6) is 5.75 Å². The van der Waals surface area contributed by atoms with Gasteiger partial charge < -0.3 is 20.1 Å². The van der Waals surface area contributed by atoms with Crippen molar-refractivity contribution in [1.29, 1.82) is 0 Å². The summed E-state index contributed by atoms with van der Waals surface area (Å²) in [6.45, 7) is 4.91. The maximum atomic E-state index is 13.4. The van der Waals surface area contributed by atoms with E-state index in [9.17, 15) is 39.5 Å². The molecule has 0 saturated carbocycles. The molecule has 0 aromatic heterocycles. The van der Waals surface area contributed by atoms with Crippen LogP contribution in [0.25, 0.3) is 10.4 Å². The Morgan fingerprint density at radius 1 is 1.00 bits per heavy atom. The van der Waals surface area contributed by atoms with Crippen molar-refractivity contribution in [3.05, 3.63) is 80.2 Å². The summed E-state index contributed by atoms with van der Waals surface area (Å²) in [6.07, 6.45) is -3.49. The monoisotopic (exact) mass is 601 g/mol. The number of hydrogen-bond donors (Lipinski definition) is 4. The second kappa shape index (κ2) is 14.6. The van der Waals surface area contributed by atoms with Gasteiger partial charge in [0.15, 0.2) is 17.3 Å². The zero-order valence-corrected chi connectivity index (χ0v) is 23.5. The van der Waals surface area contributed by atoms with Crippen molar-refractivity contribution in [2.24, 2.45) is 10.5 Å². The number of amides is 1. The first kappa shape index (κ1) is 34.0. The summed E-state index contributed by atoms with van der Waals surface area (Å²) in [5.41, 5.74) is 7.49. The van der Waals surface area contributed by atoms with Gasteiger partial charge in [-0.1, -0.05) is 41.5 Å². The van der Waals surface area contributed by atoms with E-state index in [4.69, 9.17) is 20.2 Å². The van der Waals surface area contributed by atoms with Crippen LogP contribution < -0.4 is 10.2 Å². The summed E-state index contributed by atoms with van der Waals surface area (Å²) < 4.78 is 5.34. The van der Waals surface area contributed by atoms with Gasteiger partial charge in [-0.25, -0.2) is 10.3 Å². The summed E-state index contributed by atoms with van der Waals surface area (Å²) >= 11 is 0. The molecule has 2 rings (SSSR count). The van der Waals surface area contributed by atoms with Crippen molar-refractivity contribution < 1.29 is 49.0 Å². The van der Waals surface area contributed by atoms with Gasteiger partial charge in [-0.2, -0.15) is 0 Å². The van der Waals surface area contributed by atoms with Gasteiger partial charge in [-0.3, -0.25) is 29.3 Å². The molecule has 0 unspecified atom stereocenters. The number of rotatable bonds is 16. The van der Waals surface area contributed by atoms with Gasteiger partial charge >= 0.3 is 23.6 Å². The molecule has 43 heavy (non-hydrogen) atoms. The van der Waals surface area contributed by atoms with Crippen LogP contribution in [0.4, 0.5) is 5.69 Å². The first-order valence-electron chi connectivity index (χ1n) is 12.8. The molecule has 230 valence electrons. The number of hydroxylamine groups is 1. The summed E-state index contributed by atoms with van der Waals surface area (Å²) in [7, 11) is 0. The molecule has 0 spiro atoms. The molecule has 0 bridgehead atoms. The lowest BCUT2D eigenvalue weighted by molar-refractivity contribution is -0.386. The van der Waals surface area contributed by atoms with Crippen molar-refractivity contribution in [3.63, 3.8) is 0 Å². The number of ether oxygens (including phenoxy) is 1. The molecule has 2 aromatic rings. The Morgan fingerprint density at radius 3 is 2.14 bits per heavy atom. The fourth-order valence-electron chi connectivity index (χ4n) is 3.96. The Balaban J connectivity index is 2.48. The number of nitrogens with zero attached hydrogens (tertiary/aromatic N) is 4. The normalized spacial score (nSPS) is 13.8. The number of carbonyl (C=O) groups excluding carboxylic acids is 1. The van der Waals surface area contributed by atoms with Crippen LogP contribution in [-0.4, -0.2) is 61.8 Å². The molecule has 0 aliphatic rings. The molecular weight excluding hydrogens is 570 g/mol. The van der Waals surface area contributed by atoms with Crippen molar-refractivity contribution in [3.8, 4) is 5.75 Å². The maximum Gasteiger partial charge on any atom is 0.344 e. The van der Waals surface area contributed by atoms with Gasteiger partial charge in [0.05, 0.1) is 10.5 Å². The number of benzene rings is 2. The van der Waals surface area contributed by atoms with E-state index >= 15 is 0 Å². The molecule has 0 aliphatic carbocycles. The zero-order valence-electron chi connectivity index (χ0n) is 23.5. The van der Waals surface area contributed by atoms with E-state index in [0.717, 1.165) is 12.1 Å². The molecule has 16 nitrogen and oxygen atoms in total. The van der Waals surface area contributed by atoms with E-state index in [2.05, 4.69) is 15.5 Å². The molecule has 4 N–H and O–H groups in total. The number of azide groups is 1. The molecule has 0 fully saturated rings. The number of hydrogen-bond acceptors (Lipinski definition) is 9. The summed E-state index contributed by atoms with van der Waals surface area (Å²) in [6, 6.07) is 9.96. The molecule has 0 aliphatic heterocycles. The summed E-state index contributed by atoms with van der Waals surface area (Å²) in [5.74, 6) is -6.08. The molecule has 16 heteroatoms. The van der Waals surface area contributed by atoms with E-state index in [1.54, 1.807) is 51.1 Å². The Bertz CT molecular complexity index is 1400. The van der Waals surface area contributed by atoms with Crippen LogP contribution in [0.15, 0.2) is 53.6 Å². The topological polar surface area (TPSA) is 251 Å². The number of carboxylic acid groups (broad SMARTS) is 3. The SMILES string of the molecule is CC(C)(C)ONC(=O)[C@](Cc1ccccc1)(Cc1ccc(O[C@@H](CC[C@H](N=[N+]=[N-])C(=O)O)C(=O)O)c([N+](=O)[O-])c1)C(=O)O. The largest absolute Gasteiger partial charge is 0.481 e. The molecule has 2 aromatic carbocycles. The molecular formula is C27H31N5O11. The molecule has 3 atom stereocenters. The molecule has 0 saturated heterocycles. The van der Waals surface area contributed by atoms with Crippen LogP contribution in [-0.2, 0) is 36.9 Å². The fraction of sp³-hybridized carbons (Fsp3) is 0.407. The second-order valence-corrected chi connectivity index (χ2v) is 10.5. The van der Waals surface area contributed by atoms with E-state index in [1.807, 2.05) is 0 Å². The highest BCUT2D eigenvalue weighted by Gasteiger charge is 2.47. The first-order chi connectivity index (χ1) is 20.1. The zero-order chi connectivity index (χ0) is 32.4. The van der Waals surface area contributed by atoms with Gasteiger partial charge in [0.25, 0.3) is 5.91 Å². The van der Waals surface area contributed by atoms with Crippen molar-refractivity contribution in [2.75, 3.05) is 0 Å². The smallest absolute Gasteiger partial charge is 0.344 e. The third kappa shape index (κ3) is 9.69. The number of aliphatic carboxylic acids is 3. The summed E-state index contributed by atoms with van der Waals surface area (Å²) in [5, 5.41) is 44.0. The van der Waals surface area contributed by atoms with Gasteiger partial charge in [0, 0.05) is 11.0 Å². The van der Waals surface area contributed by atoms with Crippen LogP contribution in [0.1, 0.15) is 44.7 Å². The lowest BCUT2D eigenvalue weighted by Gasteiger charge is -2.30. The van der Waals surface area contributed by atoms with Gasteiger partial charge in [0.2, 0.25) is 0 Å². The predicted octanol–water partition coefficient (Wildman–Crippen LogP) is 3.67. The minimum absolute atomic E-state index is 0.0458. The molecule has 0 radical (unpaired) electrons. The Kier molecular flexibility index (Phi) is 11.6. The quantitative estimate of drug-likeness (QED) is 0.0539. The minimum atomic E-state index is -2.18. The predicted molar refractivity (Wildman–Crippen MR) is 148 cm³/mol. The van der Waals surface area contributed by atoms with E-state index in [-0.39, 0.29) is 12.0 Å². The lowest BCUT2D eigenvalue weighted by Crippen LogP contribution is -2.51. The minimum Gasteiger partial charge on any atom is -0.481 e. The third-order valence-electron chi connectivity index (χ3n) is 6.09. The number of nitro benzene ring substituents is 1. The third-order valence-corrected chi connectivity index (χ3v) is 6.09. The highest BCUT2D eigenvalue weighted by atomic mass is 16.7. The van der Waals surface area contributed by atoms with E-state index in [1.165, 1.54) is 6.07 Å². The Labute approximate surface area is 245 Å². The lowest BCUT2D eigenvalue weighted by atomic mass is 9.75. The number of carboxylic acids is 3. The fourth-order valence-corrected chi connectivity index (χ4v) is 3.96. The van der Waals surface area contributed by atoms with E-state index < -0.39 is 82.6 Å². The number of carbonyl (C=O) groups is 4. The van der Waals surface area contributed by atoms with Gasteiger partial charge in [-0.15, -0.1) is 0 Å². The van der Waals surface area contributed by atoms with Gasteiger partial charge in [0.1, 0.15) is 6.04 Å². The first-order valence-corrected chi connectivity index (χ1v) is 12.8. The van der Waals surface area contributed by atoms with Crippen LogP contribution in [0.3, 0.4) is 0 Å².